The Balaban J connectivity index is 3.02. The van der Waals surface area contributed by atoms with Gasteiger partial charge in [-0.2, -0.15) is 0 Å². The summed E-state index contributed by atoms with van der Waals surface area (Å²) in [5, 5.41) is 9.46. The zero-order valence-electron chi connectivity index (χ0n) is 12.7. The molecule has 0 amide bonds. The average Bonchev–Trinajstić information content (AvgIpc) is 2.76. The maximum atomic E-state index is 12.1. The van der Waals surface area contributed by atoms with E-state index in [1.165, 1.54) is 7.11 Å². The number of rotatable bonds is 5. The third-order valence-electron chi connectivity index (χ3n) is 3.33. The molecule has 0 aromatic rings. The molecule has 0 atom stereocenters. The van der Waals surface area contributed by atoms with Crippen molar-refractivity contribution in [3.8, 4) is 0 Å². The number of carbonyl (C=O) groups excluding carboxylic acids is 1. The fourth-order valence-corrected chi connectivity index (χ4v) is 2.42. The lowest BCUT2D eigenvalue weighted by molar-refractivity contribution is -0.150. The van der Waals surface area contributed by atoms with Crippen molar-refractivity contribution < 1.29 is 24.2 Å². The van der Waals surface area contributed by atoms with Crippen molar-refractivity contribution in [2.45, 2.75) is 52.1 Å². The quantitative estimate of drug-likeness (QED) is 0.620. The second-order valence-electron chi connectivity index (χ2n) is 6.27. The zero-order chi connectivity index (χ0) is 15.4. The Kier molecular flexibility index (Phi) is 5.34. The maximum Gasteiger partial charge on any atom is 0.336 e. The summed E-state index contributed by atoms with van der Waals surface area (Å²) in [6.45, 7) is 5.39. The van der Waals surface area contributed by atoms with E-state index in [1.54, 1.807) is 26.8 Å². The van der Waals surface area contributed by atoms with Crippen LogP contribution in [0, 0.1) is 5.41 Å². The molecular weight excluding hydrogens is 260 g/mol. The van der Waals surface area contributed by atoms with E-state index in [0.717, 1.165) is 12.8 Å². The van der Waals surface area contributed by atoms with E-state index >= 15 is 0 Å². The van der Waals surface area contributed by atoms with Gasteiger partial charge in [0.05, 0.1) is 17.6 Å². The molecule has 0 spiro atoms. The highest BCUT2D eigenvalue weighted by molar-refractivity contribution is 5.91. The molecule has 0 aromatic heterocycles. The molecule has 0 aromatic carbocycles. The van der Waals surface area contributed by atoms with Crippen LogP contribution in [0.25, 0.3) is 0 Å². The SMILES string of the molecule is COC/C(=C\C1(C(=O)O)CCCC1)C(=O)OC(C)(C)C. The van der Waals surface area contributed by atoms with Crippen molar-refractivity contribution >= 4 is 11.9 Å². The molecule has 1 fully saturated rings. The van der Waals surface area contributed by atoms with Gasteiger partial charge in [-0.1, -0.05) is 18.9 Å². The smallest absolute Gasteiger partial charge is 0.336 e. The first kappa shape index (κ1) is 16.7. The largest absolute Gasteiger partial charge is 0.481 e. The minimum atomic E-state index is -0.954. The lowest BCUT2D eigenvalue weighted by atomic mass is 9.84. The third kappa shape index (κ3) is 4.34. The predicted octanol–water partition coefficient (Wildman–Crippen LogP) is 2.55. The Morgan fingerprint density at radius 3 is 2.20 bits per heavy atom. The van der Waals surface area contributed by atoms with E-state index in [1.807, 2.05) is 0 Å². The van der Waals surface area contributed by atoms with Crippen LogP contribution in [0.2, 0.25) is 0 Å². The van der Waals surface area contributed by atoms with Gasteiger partial charge in [-0.05, 0) is 33.6 Å². The average molecular weight is 284 g/mol. The molecular formula is C15H24O5. The zero-order valence-corrected chi connectivity index (χ0v) is 12.7. The Morgan fingerprint density at radius 1 is 1.25 bits per heavy atom. The number of carbonyl (C=O) groups is 2. The molecule has 1 N–H and O–H groups in total. The summed E-state index contributed by atoms with van der Waals surface area (Å²) in [6, 6.07) is 0. The molecule has 5 nitrogen and oxygen atoms in total. The van der Waals surface area contributed by atoms with Gasteiger partial charge in [0.15, 0.2) is 0 Å². The first-order valence-corrected chi connectivity index (χ1v) is 6.88. The Hall–Kier alpha value is -1.36. The fraction of sp³-hybridized carbons (Fsp3) is 0.733. The van der Waals surface area contributed by atoms with Crippen LogP contribution in [0.15, 0.2) is 11.6 Å². The molecule has 20 heavy (non-hydrogen) atoms. The van der Waals surface area contributed by atoms with Crippen molar-refractivity contribution in [1.82, 2.24) is 0 Å². The normalized spacial score (nSPS) is 18.9. The van der Waals surface area contributed by atoms with Crippen molar-refractivity contribution in [3.05, 3.63) is 11.6 Å². The van der Waals surface area contributed by atoms with Gasteiger partial charge in [-0.25, -0.2) is 4.79 Å². The van der Waals surface area contributed by atoms with Gasteiger partial charge < -0.3 is 14.6 Å². The highest BCUT2D eigenvalue weighted by atomic mass is 16.6. The summed E-state index contributed by atoms with van der Waals surface area (Å²) in [7, 11) is 1.47. The Labute approximate surface area is 119 Å². The predicted molar refractivity (Wildman–Crippen MR) is 74.3 cm³/mol. The van der Waals surface area contributed by atoms with Gasteiger partial charge in [-0.3, -0.25) is 4.79 Å². The summed E-state index contributed by atoms with van der Waals surface area (Å²) in [5.74, 6) is -1.39. The lowest BCUT2D eigenvalue weighted by Gasteiger charge is -2.24. The Bertz CT molecular complexity index is 397. The number of methoxy groups -OCH3 is 1. The first-order chi connectivity index (χ1) is 9.20. The van der Waals surface area contributed by atoms with Crippen LogP contribution in [0.3, 0.4) is 0 Å². The molecule has 1 rings (SSSR count). The summed E-state index contributed by atoms with van der Waals surface area (Å²) in [6.07, 6.45) is 4.37. The molecule has 1 aliphatic carbocycles. The van der Waals surface area contributed by atoms with Crippen molar-refractivity contribution in [3.63, 3.8) is 0 Å². The molecule has 0 heterocycles. The van der Waals surface area contributed by atoms with E-state index in [9.17, 15) is 14.7 Å². The van der Waals surface area contributed by atoms with Crippen LogP contribution < -0.4 is 0 Å². The van der Waals surface area contributed by atoms with Crippen molar-refractivity contribution in [2.24, 2.45) is 5.41 Å². The fourth-order valence-electron chi connectivity index (χ4n) is 2.42. The number of hydrogen-bond donors (Lipinski definition) is 1. The first-order valence-electron chi connectivity index (χ1n) is 6.88. The monoisotopic (exact) mass is 284 g/mol. The molecule has 1 saturated carbocycles. The van der Waals surface area contributed by atoms with E-state index in [0.29, 0.717) is 12.8 Å². The minimum Gasteiger partial charge on any atom is -0.481 e. The van der Waals surface area contributed by atoms with Crippen LogP contribution in [0.1, 0.15) is 46.5 Å². The molecule has 114 valence electrons. The lowest BCUT2D eigenvalue weighted by Crippen LogP contribution is -2.30. The number of hydrogen-bond acceptors (Lipinski definition) is 4. The number of esters is 1. The number of carboxylic acids is 1. The molecule has 0 saturated heterocycles. The second kappa shape index (κ2) is 6.39. The van der Waals surface area contributed by atoms with Crippen LogP contribution in [-0.4, -0.2) is 36.4 Å². The molecule has 0 bridgehead atoms. The summed E-state index contributed by atoms with van der Waals surface area (Å²) in [5.41, 5.74) is -1.28. The van der Waals surface area contributed by atoms with Crippen LogP contribution >= 0.6 is 0 Å². The molecule has 0 unspecified atom stereocenters. The summed E-state index contributed by atoms with van der Waals surface area (Å²) in [4.78, 5) is 23.7. The van der Waals surface area contributed by atoms with Crippen LogP contribution in [0.4, 0.5) is 0 Å². The number of aliphatic carboxylic acids is 1. The maximum absolute atomic E-state index is 12.1. The number of ether oxygens (including phenoxy) is 2. The van der Waals surface area contributed by atoms with E-state index < -0.39 is 23.0 Å². The second-order valence-corrected chi connectivity index (χ2v) is 6.27. The topological polar surface area (TPSA) is 72.8 Å². The molecule has 0 aliphatic heterocycles. The van der Waals surface area contributed by atoms with Gasteiger partial charge in [-0.15, -0.1) is 0 Å². The van der Waals surface area contributed by atoms with E-state index in [4.69, 9.17) is 9.47 Å². The highest BCUT2D eigenvalue weighted by Crippen LogP contribution is 2.40. The van der Waals surface area contributed by atoms with Crippen LogP contribution in [-0.2, 0) is 19.1 Å². The summed E-state index contributed by atoms with van der Waals surface area (Å²) >= 11 is 0. The Morgan fingerprint density at radius 2 is 1.80 bits per heavy atom. The summed E-state index contributed by atoms with van der Waals surface area (Å²) < 4.78 is 10.3. The van der Waals surface area contributed by atoms with Crippen LogP contribution in [0.5, 0.6) is 0 Å². The minimum absolute atomic E-state index is 0.0595. The van der Waals surface area contributed by atoms with Crippen molar-refractivity contribution in [2.75, 3.05) is 13.7 Å². The van der Waals surface area contributed by atoms with Crippen molar-refractivity contribution in [1.29, 1.82) is 0 Å². The van der Waals surface area contributed by atoms with E-state index in [-0.39, 0.29) is 12.2 Å². The third-order valence-corrected chi connectivity index (χ3v) is 3.33. The molecule has 5 heteroatoms. The standard InChI is InChI=1S/C15H24O5/c1-14(2,3)20-12(16)11(10-19-4)9-15(13(17)18)7-5-6-8-15/h9H,5-8,10H2,1-4H3,(H,17,18)/b11-9+. The van der Waals surface area contributed by atoms with Gasteiger partial charge in [0.25, 0.3) is 0 Å². The van der Waals surface area contributed by atoms with E-state index in [2.05, 4.69) is 0 Å². The molecule has 1 aliphatic rings. The van der Waals surface area contributed by atoms with Gasteiger partial charge in [0.2, 0.25) is 0 Å². The highest BCUT2D eigenvalue weighted by Gasteiger charge is 2.40. The van der Waals surface area contributed by atoms with Gasteiger partial charge >= 0.3 is 11.9 Å². The molecule has 0 radical (unpaired) electrons. The van der Waals surface area contributed by atoms with Gasteiger partial charge in [0.1, 0.15) is 5.60 Å². The van der Waals surface area contributed by atoms with Gasteiger partial charge in [0, 0.05) is 7.11 Å². The number of carboxylic acid groups (broad SMARTS) is 1.